The molecule has 0 saturated heterocycles. The zero-order chi connectivity index (χ0) is 16.4. The zero-order valence-electron chi connectivity index (χ0n) is 12.4. The zero-order valence-corrected chi connectivity index (χ0v) is 14.0. The monoisotopic (exact) mass is 366 g/mol. The van der Waals surface area contributed by atoms with Gasteiger partial charge in [0, 0.05) is 10.8 Å². The Morgan fingerprint density at radius 3 is 2.68 bits per heavy atom. The molecular formula is C15H15BrN2O4. The molecule has 1 heterocycles. The first-order valence-corrected chi connectivity index (χ1v) is 7.59. The van der Waals surface area contributed by atoms with Gasteiger partial charge < -0.3 is 9.84 Å². The van der Waals surface area contributed by atoms with Crippen molar-refractivity contribution in [1.29, 1.82) is 0 Å². The molecule has 1 aromatic carbocycles. The summed E-state index contributed by atoms with van der Waals surface area (Å²) < 4.78 is 5.08. The molecule has 7 heteroatoms. The third kappa shape index (κ3) is 2.81. The van der Waals surface area contributed by atoms with Gasteiger partial charge in [0.2, 0.25) is 0 Å². The Kier molecular flexibility index (Phi) is 4.75. The molecule has 0 fully saturated rings. The van der Waals surface area contributed by atoms with Crippen LogP contribution in [0.4, 0.5) is 0 Å². The molecule has 0 amide bonds. The van der Waals surface area contributed by atoms with E-state index in [1.807, 2.05) is 6.92 Å². The maximum atomic E-state index is 12.2. The lowest BCUT2D eigenvalue weighted by Gasteiger charge is -2.15. The number of carboxylic acid groups (broad SMARTS) is 1. The molecule has 1 aromatic heterocycles. The van der Waals surface area contributed by atoms with Crippen LogP contribution >= 0.6 is 15.9 Å². The van der Waals surface area contributed by atoms with Crippen LogP contribution in [-0.2, 0) is 9.53 Å². The van der Waals surface area contributed by atoms with E-state index in [0.29, 0.717) is 16.5 Å². The van der Waals surface area contributed by atoms with Crippen molar-refractivity contribution in [3.63, 3.8) is 0 Å². The summed E-state index contributed by atoms with van der Waals surface area (Å²) in [6.07, 6.45) is 1.55. The molecule has 0 aliphatic carbocycles. The van der Waals surface area contributed by atoms with E-state index in [9.17, 15) is 14.7 Å². The van der Waals surface area contributed by atoms with Crippen molar-refractivity contribution in [1.82, 2.24) is 10.2 Å². The van der Waals surface area contributed by atoms with Gasteiger partial charge >= 0.3 is 11.9 Å². The molecule has 1 atom stereocenters. The normalized spacial score (nSPS) is 12.2. The third-order valence-electron chi connectivity index (χ3n) is 3.36. The van der Waals surface area contributed by atoms with Crippen LogP contribution in [0.5, 0.6) is 0 Å². The first-order valence-electron chi connectivity index (χ1n) is 6.68. The summed E-state index contributed by atoms with van der Waals surface area (Å²) >= 11 is 3.10. The topological polar surface area (TPSA) is 89.4 Å². The van der Waals surface area contributed by atoms with E-state index in [0.717, 1.165) is 10.9 Å². The van der Waals surface area contributed by atoms with Crippen LogP contribution < -0.4 is 0 Å². The number of hydrogen-bond acceptors (Lipinski definition) is 5. The number of carboxylic acids is 1. The number of rotatable bonds is 4. The number of aliphatic carboxylic acids is 1. The molecule has 0 bridgehead atoms. The molecule has 116 valence electrons. The van der Waals surface area contributed by atoms with Gasteiger partial charge in [-0.15, -0.1) is 0 Å². The average molecular weight is 367 g/mol. The third-order valence-corrected chi connectivity index (χ3v) is 4.19. The van der Waals surface area contributed by atoms with E-state index in [1.165, 1.54) is 0 Å². The van der Waals surface area contributed by atoms with E-state index in [1.54, 1.807) is 26.1 Å². The first kappa shape index (κ1) is 16.4. The van der Waals surface area contributed by atoms with Gasteiger partial charge in [0.1, 0.15) is 0 Å². The number of nitrogens with zero attached hydrogens (tertiary/aromatic N) is 2. The predicted octanol–water partition coefficient (Wildman–Crippen LogP) is 2.94. The molecule has 6 nitrogen and oxygen atoms in total. The Hall–Kier alpha value is -2.02. The number of halogens is 1. The fourth-order valence-electron chi connectivity index (χ4n) is 2.47. The number of carbonyl (C=O) groups excluding carboxylic acids is 1. The summed E-state index contributed by atoms with van der Waals surface area (Å²) in [6.45, 7) is 5.57. The van der Waals surface area contributed by atoms with Gasteiger partial charge in [-0.25, -0.2) is 4.79 Å². The number of esters is 1. The average Bonchev–Trinajstić information content (AvgIpc) is 2.45. The lowest BCUT2D eigenvalue weighted by molar-refractivity contribution is -0.136. The second-order valence-electron chi connectivity index (χ2n) is 4.81. The summed E-state index contributed by atoms with van der Waals surface area (Å²) in [7, 11) is 0. The number of hydrogen-bond donors (Lipinski definition) is 1. The molecule has 0 aliphatic heterocycles. The van der Waals surface area contributed by atoms with E-state index in [4.69, 9.17) is 4.74 Å². The highest BCUT2D eigenvalue weighted by molar-refractivity contribution is 9.09. The minimum Gasteiger partial charge on any atom is -0.480 e. The van der Waals surface area contributed by atoms with Gasteiger partial charge in [-0.1, -0.05) is 15.9 Å². The molecule has 2 aromatic rings. The molecule has 22 heavy (non-hydrogen) atoms. The fraction of sp³-hybridized carbons (Fsp3) is 0.333. The highest BCUT2D eigenvalue weighted by Crippen LogP contribution is 2.33. The summed E-state index contributed by atoms with van der Waals surface area (Å²) in [5.74, 6) is -1.50. The molecular weight excluding hydrogens is 352 g/mol. The number of aromatic nitrogens is 2. The summed E-state index contributed by atoms with van der Waals surface area (Å²) in [5.41, 5.74) is 2.11. The molecule has 2 rings (SSSR count). The molecule has 1 N–H and O–H groups in total. The van der Waals surface area contributed by atoms with Gasteiger partial charge in [0.15, 0.2) is 4.83 Å². The summed E-state index contributed by atoms with van der Waals surface area (Å²) in [5, 5.41) is 18.3. The van der Waals surface area contributed by atoms with E-state index in [-0.39, 0.29) is 12.3 Å². The van der Waals surface area contributed by atoms with Crippen molar-refractivity contribution < 1.29 is 19.4 Å². The standard InChI is InChI=1S/C15H15BrN2O4/c1-4-22-15(21)10-7(2)5-9-6-17-18-13(11(9)8(10)3)12(16)14(19)20/h5-6,12H,4H2,1-3H3,(H,19,20). The van der Waals surface area contributed by atoms with E-state index in [2.05, 4.69) is 26.1 Å². The van der Waals surface area contributed by atoms with E-state index >= 15 is 0 Å². The largest absolute Gasteiger partial charge is 0.480 e. The predicted molar refractivity (Wildman–Crippen MR) is 84.3 cm³/mol. The Balaban J connectivity index is 2.79. The molecule has 0 radical (unpaired) electrons. The molecule has 1 unspecified atom stereocenters. The van der Waals surface area contributed by atoms with Crippen LogP contribution in [-0.4, -0.2) is 33.8 Å². The van der Waals surface area contributed by atoms with Crippen LogP contribution in [0.3, 0.4) is 0 Å². The lowest BCUT2D eigenvalue weighted by Crippen LogP contribution is -2.12. The number of fused-ring (bicyclic) bond motifs is 1. The Morgan fingerprint density at radius 1 is 1.41 bits per heavy atom. The smallest absolute Gasteiger partial charge is 0.338 e. The van der Waals surface area contributed by atoms with Crippen molar-refractivity contribution in [2.75, 3.05) is 6.61 Å². The first-order chi connectivity index (χ1) is 10.4. The SMILES string of the molecule is CCOC(=O)c1c(C)cc2cnnc(C(Br)C(=O)O)c2c1C. The van der Waals surface area contributed by atoms with Gasteiger partial charge in [-0.05, 0) is 38.0 Å². The number of aryl methyl sites for hydroxylation is 2. The Bertz CT molecular complexity index is 761. The Morgan fingerprint density at radius 2 is 2.09 bits per heavy atom. The van der Waals surface area contributed by atoms with Crippen molar-refractivity contribution in [3.05, 3.63) is 34.6 Å². The van der Waals surface area contributed by atoms with Crippen LogP contribution in [0.1, 0.15) is 38.9 Å². The molecule has 0 spiro atoms. The van der Waals surface area contributed by atoms with Crippen molar-refractivity contribution >= 4 is 38.6 Å². The number of ether oxygens (including phenoxy) is 1. The van der Waals surface area contributed by atoms with Gasteiger partial charge in [-0.3, -0.25) is 4.79 Å². The Labute approximate surface area is 135 Å². The van der Waals surface area contributed by atoms with Crippen molar-refractivity contribution in [2.24, 2.45) is 0 Å². The highest BCUT2D eigenvalue weighted by Gasteiger charge is 2.25. The summed E-state index contributed by atoms with van der Waals surface area (Å²) in [6, 6.07) is 1.79. The fourth-order valence-corrected chi connectivity index (χ4v) is 2.79. The second kappa shape index (κ2) is 6.39. The molecule has 0 saturated carbocycles. The van der Waals surface area contributed by atoms with Crippen molar-refractivity contribution in [2.45, 2.75) is 25.6 Å². The summed E-state index contributed by atoms with van der Waals surface area (Å²) in [4.78, 5) is 22.4. The van der Waals surface area contributed by atoms with Crippen molar-refractivity contribution in [3.8, 4) is 0 Å². The minimum absolute atomic E-state index is 0.271. The minimum atomic E-state index is -1.07. The van der Waals surface area contributed by atoms with Gasteiger partial charge in [0.05, 0.1) is 24.1 Å². The quantitative estimate of drug-likeness (QED) is 0.660. The maximum Gasteiger partial charge on any atom is 0.338 e. The number of alkyl halides is 1. The van der Waals surface area contributed by atoms with Gasteiger partial charge in [-0.2, -0.15) is 10.2 Å². The van der Waals surface area contributed by atoms with Crippen LogP contribution in [0, 0.1) is 13.8 Å². The highest BCUT2D eigenvalue weighted by atomic mass is 79.9. The lowest BCUT2D eigenvalue weighted by atomic mass is 9.95. The van der Waals surface area contributed by atoms with Gasteiger partial charge in [0.25, 0.3) is 0 Å². The van der Waals surface area contributed by atoms with Crippen LogP contribution in [0.15, 0.2) is 12.3 Å². The van der Waals surface area contributed by atoms with E-state index < -0.39 is 16.8 Å². The van der Waals surface area contributed by atoms with Crippen LogP contribution in [0.2, 0.25) is 0 Å². The second-order valence-corrected chi connectivity index (χ2v) is 5.72. The molecule has 0 aliphatic rings. The maximum absolute atomic E-state index is 12.2. The van der Waals surface area contributed by atoms with Crippen LogP contribution in [0.25, 0.3) is 10.8 Å². The number of carbonyl (C=O) groups is 2. The number of benzene rings is 1.